The van der Waals surface area contributed by atoms with Crippen LogP contribution in [0.2, 0.25) is 0 Å². The van der Waals surface area contributed by atoms with E-state index in [1.165, 1.54) is 12.8 Å². The molecule has 0 aromatic carbocycles. The molecule has 0 spiro atoms. The van der Waals surface area contributed by atoms with Gasteiger partial charge in [-0.05, 0) is 110 Å². The molecule has 4 rings (SSSR count). The van der Waals surface area contributed by atoms with Crippen LogP contribution < -0.4 is 34.7 Å². The maximum atomic E-state index is 11.6. The summed E-state index contributed by atoms with van der Waals surface area (Å²) in [5.41, 5.74) is 0.353. The molecule has 0 aromatic rings. The number of carbonyl (C=O) groups is 1. The van der Waals surface area contributed by atoms with Crippen molar-refractivity contribution in [1.29, 1.82) is 0 Å². The first kappa shape index (κ1) is 25.0. The molecule has 4 aliphatic rings. The molecule has 0 radical (unpaired) electrons. The number of hydrogen-bond acceptors (Lipinski definition) is 4. The van der Waals surface area contributed by atoms with Gasteiger partial charge in [-0.3, -0.25) is 0 Å². The van der Waals surface area contributed by atoms with Gasteiger partial charge in [-0.1, -0.05) is 27.7 Å². The Balaban J connectivity index is 0.00000256. The molecule has 0 aliphatic heterocycles. The van der Waals surface area contributed by atoms with Gasteiger partial charge in [0.15, 0.2) is 0 Å². The summed E-state index contributed by atoms with van der Waals surface area (Å²) >= 11 is 0. The predicted octanol–water partition coefficient (Wildman–Crippen LogP) is 0.537. The molecule has 166 valence electrons. The van der Waals surface area contributed by atoms with Crippen LogP contribution in [-0.4, -0.2) is 28.4 Å². The SMILES string of the molecule is C[C@H](CCC(=O)[O-])[C@H]1CC[C@H]2[C@]3(C)CC[C@@H]4C[C@H](O)CC[C@]4(C)[C@H]3C[C@H](O)[C@]12C.[Na+]. The van der Waals surface area contributed by atoms with Gasteiger partial charge in [0.1, 0.15) is 0 Å². The molecule has 0 unspecified atom stereocenters. The molecule has 0 heterocycles. The Morgan fingerprint density at radius 1 is 1.00 bits per heavy atom. The normalized spacial score (nSPS) is 51.1. The molecule has 2 N–H and O–H groups in total. The van der Waals surface area contributed by atoms with Crippen molar-refractivity contribution in [2.45, 2.75) is 104 Å². The van der Waals surface area contributed by atoms with Crippen molar-refractivity contribution >= 4 is 5.97 Å². The van der Waals surface area contributed by atoms with E-state index in [9.17, 15) is 20.1 Å². The zero-order valence-electron chi connectivity index (χ0n) is 19.8. The summed E-state index contributed by atoms with van der Waals surface area (Å²) < 4.78 is 0. The van der Waals surface area contributed by atoms with E-state index in [0.29, 0.717) is 36.0 Å². The van der Waals surface area contributed by atoms with Crippen molar-refractivity contribution in [2.75, 3.05) is 0 Å². The van der Waals surface area contributed by atoms with E-state index >= 15 is 0 Å². The smallest absolute Gasteiger partial charge is 0.550 e. The Hall–Kier alpha value is 0.390. The fraction of sp³-hybridized carbons (Fsp3) is 0.960. The number of carboxylic acids is 1. The van der Waals surface area contributed by atoms with Gasteiger partial charge in [0.25, 0.3) is 0 Å². The van der Waals surface area contributed by atoms with Gasteiger partial charge < -0.3 is 20.1 Å². The third kappa shape index (κ3) is 3.65. The predicted molar refractivity (Wildman–Crippen MR) is 111 cm³/mol. The maximum absolute atomic E-state index is 11.6. The Labute approximate surface area is 204 Å². The zero-order valence-corrected chi connectivity index (χ0v) is 21.8. The third-order valence-corrected chi connectivity index (χ3v) is 10.9. The van der Waals surface area contributed by atoms with Gasteiger partial charge in [0.2, 0.25) is 0 Å². The first-order valence-corrected chi connectivity index (χ1v) is 12.1. The second-order valence-corrected chi connectivity index (χ2v) is 12.0. The number of aliphatic hydroxyl groups excluding tert-OH is 2. The van der Waals surface area contributed by atoms with E-state index in [1.54, 1.807) is 0 Å². The molecule has 30 heavy (non-hydrogen) atoms. The fourth-order valence-electron chi connectivity index (χ4n) is 9.34. The summed E-state index contributed by atoms with van der Waals surface area (Å²) in [5.74, 6) is 1.33. The molecule has 4 aliphatic carbocycles. The third-order valence-electron chi connectivity index (χ3n) is 10.9. The van der Waals surface area contributed by atoms with Gasteiger partial charge >= 0.3 is 29.6 Å². The molecule has 0 aromatic heterocycles. The van der Waals surface area contributed by atoms with E-state index in [1.807, 2.05) is 0 Å². The summed E-state index contributed by atoms with van der Waals surface area (Å²) in [7, 11) is 0. The van der Waals surface area contributed by atoms with Crippen LogP contribution in [0, 0.1) is 45.8 Å². The largest absolute Gasteiger partial charge is 1.00 e. The number of fused-ring (bicyclic) bond motifs is 5. The fourth-order valence-corrected chi connectivity index (χ4v) is 9.34. The van der Waals surface area contributed by atoms with Gasteiger partial charge in [-0.25, -0.2) is 0 Å². The summed E-state index contributed by atoms with van der Waals surface area (Å²) in [5, 5.41) is 32.8. The van der Waals surface area contributed by atoms with E-state index in [0.717, 1.165) is 38.5 Å². The number of carboxylic acid groups (broad SMARTS) is 1. The van der Waals surface area contributed by atoms with E-state index in [2.05, 4.69) is 27.7 Å². The minimum Gasteiger partial charge on any atom is -0.550 e. The second kappa shape index (κ2) is 8.63. The zero-order chi connectivity index (χ0) is 21.2. The molecule has 4 nitrogen and oxygen atoms in total. The van der Waals surface area contributed by atoms with Crippen LogP contribution in [0.3, 0.4) is 0 Å². The van der Waals surface area contributed by atoms with Gasteiger partial charge in [0.05, 0.1) is 12.2 Å². The molecular weight excluding hydrogens is 387 g/mol. The first-order valence-electron chi connectivity index (χ1n) is 12.1. The quantitative estimate of drug-likeness (QED) is 0.641. The Kier molecular flexibility index (Phi) is 7.20. The first-order chi connectivity index (χ1) is 13.5. The molecular formula is C25H41NaO4. The van der Waals surface area contributed by atoms with Crippen molar-refractivity contribution in [2.24, 2.45) is 45.8 Å². The molecule has 4 fully saturated rings. The maximum Gasteiger partial charge on any atom is 1.00 e. The molecule has 5 heteroatoms. The van der Waals surface area contributed by atoms with Crippen LogP contribution in [-0.2, 0) is 4.79 Å². The Morgan fingerprint density at radius 2 is 1.67 bits per heavy atom. The number of aliphatic hydroxyl groups is 2. The molecule has 0 bridgehead atoms. The summed E-state index contributed by atoms with van der Waals surface area (Å²) in [6.45, 7) is 9.46. The molecule has 4 saturated carbocycles. The second-order valence-electron chi connectivity index (χ2n) is 12.0. The monoisotopic (exact) mass is 428 g/mol. The van der Waals surface area contributed by atoms with Gasteiger partial charge in [-0.15, -0.1) is 0 Å². The van der Waals surface area contributed by atoms with Crippen molar-refractivity contribution in [3.05, 3.63) is 0 Å². The number of carbonyl (C=O) groups excluding carboxylic acids is 1. The molecule has 0 amide bonds. The van der Waals surface area contributed by atoms with Crippen LogP contribution in [0.1, 0.15) is 91.9 Å². The van der Waals surface area contributed by atoms with Crippen LogP contribution in [0.5, 0.6) is 0 Å². The minimum absolute atomic E-state index is 0. The van der Waals surface area contributed by atoms with E-state index < -0.39 is 5.97 Å². The Morgan fingerprint density at radius 3 is 2.33 bits per heavy atom. The van der Waals surface area contributed by atoms with Crippen molar-refractivity contribution in [3.63, 3.8) is 0 Å². The minimum atomic E-state index is -0.960. The van der Waals surface area contributed by atoms with E-state index in [4.69, 9.17) is 0 Å². The van der Waals surface area contributed by atoms with Gasteiger partial charge in [-0.2, -0.15) is 0 Å². The van der Waals surface area contributed by atoms with Crippen LogP contribution in [0.15, 0.2) is 0 Å². The van der Waals surface area contributed by atoms with Crippen LogP contribution in [0.4, 0.5) is 0 Å². The van der Waals surface area contributed by atoms with Gasteiger partial charge in [0, 0.05) is 5.97 Å². The van der Waals surface area contributed by atoms with Crippen molar-refractivity contribution in [3.8, 4) is 0 Å². The average Bonchev–Trinajstić information content (AvgIpc) is 3.03. The number of hydrogen-bond donors (Lipinski definition) is 2. The number of aliphatic carboxylic acids is 1. The van der Waals surface area contributed by atoms with E-state index in [-0.39, 0.29) is 64.4 Å². The standard InChI is InChI=1S/C25H42O4.Na/c1-15(5-8-22(28)29)18-6-7-19-24(3)11-9-16-13-17(26)10-12-23(16,2)20(24)14-21(27)25(18,19)4;/h15-21,26-27H,5-14H2,1-4H3,(H,28,29);/q;+1/p-1/t15-,16-,17-,18-,19+,20-,21+,23+,24+,25-;/m1./s1. The van der Waals surface area contributed by atoms with Crippen LogP contribution >= 0.6 is 0 Å². The molecule has 0 saturated heterocycles. The topological polar surface area (TPSA) is 80.6 Å². The van der Waals surface area contributed by atoms with Crippen LogP contribution in [0.25, 0.3) is 0 Å². The van der Waals surface area contributed by atoms with Crippen molar-refractivity contribution < 1.29 is 49.7 Å². The summed E-state index contributed by atoms with van der Waals surface area (Å²) in [6, 6.07) is 0. The molecule has 10 atom stereocenters. The average molecular weight is 429 g/mol. The number of rotatable bonds is 4. The van der Waals surface area contributed by atoms with Crippen molar-refractivity contribution in [1.82, 2.24) is 0 Å². The summed E-state index contributed by atoms with van der Waals surface area (Å²) in [6.07, 6.45) is 8.78. The Bertz CT molecular complexity index is 655. The summed E-state index contributed by atoms with van der Waals surface area (Å²) in [4.78, 5) is 11.0.